The first kappa shape index (κ1) is 17.7. The van der Waals surface area contributed by atoms with Gasteiger partial charge in [0, 0.05) is 21.2 Å². The number of para-hydroxylation sites is 1. The van der Waals surface area contributed by atoms with Gasteiger partial charge in [-0.1, -0.05) is 41.6 Å². The smallest absolute Gasteiger partial charge is 0.189 e. The van der Waals surface area contributed by atoms with Crippen LogP contribution in [0.2, 0.25) is 5.02 Å². The van der Waals surface area contributed by atoms with Crippen LogP contribution in [0.3, 0.4) is 0 Å². The van der Waals surface area contributed by atoms with Gasteiger partial charge in [0.15, 0.2) is 5.43 Å². The Labute approximate surface area is 156 Å². The standard InChI is InChI=1S/C19H13ClO3S2/c20-14-8-9-16-17(21)13-19(24-18(16)12-14)25(22)11-5-4-10-23-15-6-2-1-3-7-15/h1-3,6-9,12-13H,10-11H2. The third-order valence-electron chi connectivity index (χ3n) is 3.28. The Morgan fingerprint density at radius 2 is 1.88 bits per heavy atom. The maximum absolute atomic E-state index is 12.4. The second-order valence-electron chi connectivity index (χ2n) is 5.02. The lowest BCUT2D eigenvalue weighted by atomic mass is 10.2. The van der Waals surface area contributed by atoms with Crippen molar-refractivity contribution in [1.82, 2.24) is 0 Å². The van der Waals surface area contributed by atoms with Crippen LogP contribution in [-0.4, -0.2) is 16.6 Å². The van der Waals surface area contributed by atoms with E-state index in [0.29, 0.717) is 14.6 Å². The van der Waals surface area contributed by atoms with Crippen LogP contribution in [0.25, 0.3) is 10.1 Å². The minimum absolute atomic E-state index is 0.153. The largest absolute Gasteiger partial charge is 0.481 e. The van der Waals surface area contributed by atoms with Gasteiger partial charge in [-0.3, -0.25) is 9.00 Å². The van der Waals surface area contributed by atoms with E-state index in [2.05, 4.69) is 11.8 Å². The molecule has 1 atom stereocenters. The highest BCUT2D eigenvalue weighted by Gasteiger charge is 2.08. The van der Waals surface area contributed by atoms with Crippen LogP contribution in [0.5, 0.6) is 5.75 Å². The molecule has 126 valence electrons. The second kappa shape index (κ2) is 8.30. The number of hydrogen-bond donors (Lipinski definition) is 0. The fraction of sp³-hybridized carbons (Fsp3) is 0.105. The number of ether oxygens (including phenoxy) is 1. The Morgan fingerprint density at radius 3 is 2.68 bits per heavy atom. The normalized spacial score (nSPS) is 11.6. The van der Waals surface area contributed by atoms with Gasteiger partial charge in [-0.15, -0.1) is 11.3 Å². The zero-order valence-corrected chi connectivity index (χ0v) is 15.4. The number of fused-ring (bicyclic) bond motifs is 1. The van der Waals surface area contributed by atoms with E-state index in [4.69, 9.17) is 16.3 Å². The molecule has 0 saturated carbocycles. The highest BCUT2D eigenvalue weighted by atomic mass is 35.5. The topological polar surface area (TPSA) is 43.4 Å². The van der Waals surface area contributed by atoms with Gasteiger partial charge < -0.3 is 4.74 Å². The zero-order valence-electron chi connectivity index (χ0n) is 13.0. The Bertz CT molecular complexity index is 1030. The predicted molar refractivity (Wildman–Crippen MR) is 104 cm³/mol. The molecule has 3 nitrogen and oxygen atoms in total. The maximum atomic E-state index is 12.4. The first-order valence-electron chi connectivity index (χ1n) is 7.39. The monoisotopic (exact) mass is 388 g/mol. The number of benzene rings is 2. The van der Waals surface area contributed by atoms with Crippen molar-refractivity contribution in [2.24, 2.45) is 0 Å². The van der Waals surface area contributed by atoms with E-state index < -0.39 is 10.8 Å². The summed E-state index contributed by atoms with van der Waals surface area (Å²) < 4.78 is 19.0. The Kier molecular flexibility index (Phi) is 5.87. The summed E-state index contributed by atoms with van der Waals surface area (Å²) in [6.07, 6.45) is 0. The molecule has 0 bridgehead atoms. The molecule has 6 heteroatoms. The number of hydrogen-bond acceptors (Lipinski definition) is 4. The molecule has 3 rings (SSSR count). The van der Waals surface area contributed by atoms with Crippen LogP contribution in [0.1, 0.15) is 0 Å². The molecule has 0 aliphatic carbocycles. The lowest BCUT2D eigenvalue weighted by Gasteiger charge is -2.01. The molecule has 1 unspecified atom stereocenters. The van der Waals surface area contributed by atoms with E-state index in [1.807, 2.05) is 30.3 Å². The summed E-state index contributed by atoms with van der Waals surface area (Å²) in [5.41, 5.74) is -0.158. The molecular weight excluding hydrogens is 376 g/mol. The molecule has 0 aliphatic heterocycles. The fourth-order valence-electron chi connectivity index (χ4n) is 2.09. The summed E-state index contributed by atoms with van der Waals surface area (Å²) in [6, 6.07) is 15.8. The van der Waals surface area contributed by atoms with E-state index in [1.54, 1.807) is 18.2 Å². The first-order valence-corrected chi connectivity index (χ1v) is 9.90. The fourth-order valence-corrected chi connectivity index (χ4v) is 4.61. The van der Waals surface area contributed by atoms with Gasteiger partial charge in [-0.25, -0.2) is 0 Å². The lowest BCUT2D eigenvalue weighted by Crippen LogP contribution is -2.03. The average molecular weight is 389 g/mol. The van der Waals surface area contributed by atoms with Gasteiger partial charge in [0.1, 0.15) is 12.4 Å². The van der Waals surface area contributed by atoms with Gasteiger partial charge in [-0.05, 0) is 30.3 Å². The molecule has 1 aromatic heterocycles. The van der Waals surface area contributed by atoms with Crippen LogP contribution in [0.4, 0.5) is 0 Å². The van der Waals surface area contributed by atoms with Gasteiger partial charge in [0.2, 0.25) is 0 Å². The highest BCUT2D eigenvalue weighted by Crippen LogP contribution is 2.24. The molecule has 0 fully saturated rings. The molecule has 2 aromatic carbocycles. The third-order valence-corrected chi connectivity index (χ3v) is 6.17. The maximum Gasteiger partial charge on any atom is 0.189 e. The summed E-state index contributed by atoms with van der Waals surface area (Å²) in [6.45, 7) is 0.227. The van der Waals surface area contributed by atoms with Crippen molar-refractivity contribution in [3.05, 3.63) is 69.8 Å². The van der Waals surface area contributed by atoms with Crippen LogP contribution in [0.15, 0.2) is 63.6 Å². The van der Waals surface area contributed by atoms with Crippen molar-refractivity contribution in [3.63, 3.8) is 0 Å². The molecule has 0 amide bonds. The lowest BCUT2D eigenvalue weighted by molar-refractivity contribution is 0.370. The summed E-state index contributed by atoms with van der Waals surface area (Å²) in [7, 11) is -1.36. The van der Waals surface area contributed by atoms with E-state index in [9.17, 15) is 9.00 Å². The molecule has 0 radical (unpaired) electrons. The quantitative estimate of drug-likeness (QED) is 0.632. The van der Waals surface area contributed by atoms with E-state index >= 15 is 0 Å². The van der Waals surface area contributed by atoms with Crippen molar-refractivity contribution < 1.29 is 8.95 Å². The number of rotatable bonds is 4. The molecule has 0 saturated heterocycles. The van der Waals surface area contributed by atoms with Gasteiger partial charge in [0.25, 0.3) is 0 Å². The molecule has 1 heterocycles. The van der Waals surface area contributed by atoms with E-state index in [1.165, 1.54) is 17.4 Å². The predicted octanol–water partition coefficient (Wildman–Crippen LogP) is 4.10. The summed E-state index contributed by atoms with van der Waals surface area (Å²) >= 11 is 7.26. The van der Waals surface area contributed by atoms with Crippen LogP contribution >= 0.6 is 22.9 Å². The van der Waals surface area contributed by atoms with Gasteiger partial charge in [0.05, 0.1) is 20.8 Å². The Balaban J connectivity index is 1.67. The second-order valence-corrected chi connectivity index (χ2v) is 8.21. The van der Waals surface area contributed by atoms with E-state index in [0.717, 1.165) is 10.4 Å². The van der Waals surface area contributed by atoms with Crippen molar-refractivity contribution in [1.29, 1.82) is 0 Å². The molecule has 0 N–H and O–H groups in total. The van der Waals surface area contributed by atoms with Crippen LogP contribution in [0, 0.1) is 11.8 Å². The minimum atomic E-state index is -1.36. The van der Waals surface area contributed by atoms with Crippen molar-refractivity contribution in [3.8, 4) is 17.6 Å². The zero-order chi connectivity index (χ0) is 17.6. The minimum Gasteiger partial charge on any atom is -0.481 e. The molecular formula is C19H13ClO3S2. The third kappa shape index (κ3) is 4.70. The summed E-state index contributed by atoms with van der Waals surface area (Å²) in [4.78, 5) is 12.1. The van der Waals surface area contributed by atoms with Crippen molar-refractivity contribution in [2.45, 2.75) is 4.21 Å². The SMILES string of the molecule is O=c1cc(S(=O)CC#CCOc2ccccc2)sc2cc(Cl)ccc12. The van der Waals surface area contributed by atoms with E-state index in [-0.39, 0.29) is 17.8 Å². The molecule has 25 heavy (non-hydrogen) atoms. The van der Waals surface area contributed by atoms with Crippen molar-refractivity contribution >= 4 is 43.8 Å². The highest BCUT2D eigenvalue weighted by molar-refractivity contribution is 7.87. The van der Waals surface area contributed by atoms with Gasteiger partial charge in [-0.2, -0.15) is 0 Å². The summed E-state index contributed by atoms with van der Waals surface area (Å²) in [5.74, 6) is 6.56. The first-order chi connectivity index (χ1) is 12.1. The molecule has 3 aromatic rings. The van der Waals surface area contributed by atoms with Gasteiger partial charge >= 0.3 is 0 Å². The number of halogens is 1. The van der Waals surface area contributed by atoms with Crippen LogP contribution < -0.4 is 10.2 Å². The Morgan fingerprint density at radius 1 is 1.08 bits per heavy atom. The molecule has 0 aliphatic rings. The average Bonchev–Trinajstić information content (AvgIpc) is 2.61. The van der Waals surface area contributed by atoms with Crippen molar-refractivity contribution in [2.75, 3.05) is 12.4 Å². The Hall–Kier alpha value is -2.13. The molecule has 0 spiro atoms. The summed E-state index contributed by atoms with van der Waals surface area (Å²) in [5, 5.41) is 1.13. The van der Waals surface area contributed by atoms with Crippen LogP contribution in [-0.2, 0) is 10.8 Å².